The molecule has 10 heteroatoms. The van der Waals surface area contributed by atoms with E-state index >= 15 is 0 Å². The smallest absolute Gasteiger partial charge is 0.409 e. The van der Waals surface area contributed by atoms with E-state index in [0.717, 1.165) is 5.56 Å². The van der Waals surface area contributed by atoms with Gasteiger partial charge < -0.3 is 20.3 Å². The maximum absolute atomic E-state index is 11.8. The second-order valence-electron chi connectivity index (χ2n) is 6.19. The summed E-state index contributed by atoms with van der Waals surface area (Å²) < 4.78 is 5.04. The zero-order valence-corrected chi connectivity index (χ0v) is 16.8. The second-order valence-corrected chi connectivity index (χ2v) is 6.59. The van der Waals surface area contributed by atoms with E-state index in [9.17, 15) is 4.79 Å². The number of amidine groups is 1. The van der Waals surface area contributed by atoms with Gasteiger partial charge in [-0.2, -0.15) is 5.10 Å². The van der Waals surface area contributed by atoms with Crippen molar-refractivity contribution in [3.63, 3.8) is 0 Å². The first-order valence-electron chi connectivity index (χ1n) is 9.18. The van der Waals surface area contributed by atoms with Crippen LogP contribution in [0.3, 0.4) is 0 Å². The summed E-state index contributed by atoms with van der Waals surface area (Å²) in [5, 5.41) is 8.55. The largest absolute Gasteiger partial charge is 0.450 e. The highest BCUT2D eigenvalue weighted by Gasteiger charge is 2.23. The molecule has 9 nitrogen and oxygen atoms in total. The van der Waals surface area contributed by atoms with Gasteiger partial charge in [0.25, 0.3) is 0 Å². The first-order chi connectivity index (χ1) is 14.1. The van der Waals surface area contributed by atoms with Crippen molar-refractivity contribution in [2.24, 2.45) is 15.9 Å². The SMILES string of the molecule is CCOC(=O)N1CCN(c2cncc(/C(N)=N\N=C\c3ccccc3Cl)n2)CC1. The van der Waals surface area contributed by atoms with Gasteiger partial charge in [0.1, 0.15) is 11.5 Å². The van der Waals surface area contributed by atoms with Crippen LogP contribution in [-0.4, -0.2) is 65.8 Å². The summed E-state index contributed by atoms with van der Waals surface area (Å²) in [6, 6.07) is 7.29. The number of nitrogens with zero attached hydrogens (tertiary/aromatic N) is 6. The first-order valence-corrected chi connectivity index (χ1v) is 9.56. The molecule has 0 saturated carbocycles. The maximum Gasteiger partial charge on any atom is 0.409 e. The average molecular weight is 416 g/mol. The number of piperazine rings is 1. The van der Waals surface area contributed by atoms with E-state index in [1.165, 1.54) is 12.4 Å². The Bertz CT molecular complexity index is 911. The summed E-state index contributed by atoms with van der Waals surface area (Å²) in [6.07, 6.45) is 4.42. The van der Waals surface area contributed by atoms with Gasteiger partial charge >= 0.3 is 6.09 Å². The van der Waals surface area contributed by atoms with Crippen LogP contribution in [0, 0.1) is 0 Å². The lowest BCUT2D eigenvalue weighted by atomic mass is 10.2. The van der Waals surface area contributed by atoms with Crippen LogP contribution < -0.4 is 10.6 Å². The van der Waals surface area contributed by atoms with Crippen molar-refractivity contribution >= 4 is 35.6 Å². The molecule has 0 unspecified atom stereocenters. The minimum absolute atomic E-state index is 0.146. The molecule has 0 radical (unpaired) electrons. The van der Waals surface area contributed by atoms with Crippen LogP contribution in [0.4, 0.5) is 10.6 Å². The monoisotopic (exact) mass is 415 g/mol. The number of benzene rings is 1. The summed E-state index contributed by atoms with van der Waals surface area (Å²) in [7, 11) is 0. The Morgan fingerprint density at radius 3 is 2.76 bits per heavy atom. The number of hydrogen-bond donors (Lipinski definition) is 1. The average Bonchev–Trinajstić information content (AvgIpc) is 2.75. The van der Waals surface area contributed by atoms with E-state index in [1.54, 1.807) is 24.1 Å². The van der Waals surface area contributed by atoms with Crippen molar-refractivity contribution in [3.8, 4) is 0 Å². The Morgan fingerprint density at radius 2 is 2.03 bits per heavy atom. The van der Waals surface area contributed by atoms with Crippen molar-refractivity contribution in [2.45, 2.75) is 6.92 Å². The maximum atomic E-state index is 11.8. The van der Waals surface area contributed by atoms with Crippen molar-refractivity contribution in [2.75, 3.05) is 37.7 Å². The molecule has 2 heterocycles. The van der Waals surface area contributed by atoms with Gasteiger partial charge in [0.15, 0.2) is 5.84 Å². The number of amides is 1. The molecule has 29 heavy (non-hydrogen) atoms. The van der Waals surface area contributed by atoms with Crippen LogP contribution in [0.25, 0.3) is 0 Å². The molecule has 0 bridgehead atoms. The van der Waals surface area contributed by atoms with Crippen LogP contribution in [-0.2, 0) is 4.74 Å². The van der Waals surface area contributed by atoms with E-state index in [1.807, 2.05) is 23.1 Å². The highest BCUT2D eigenvalue weighted by Crippen LogP contribution is 2.14. The Labute approximate surface area is 173 Å². The molecular formula is C19H22ClN7O2. The van der Waals surface area contributed by atoms with Gasteiger partial charge in [0.2, 0.25) is 0 Å². The second kappa shape index (κ2) is 9.83. The van der Waals surface area contributed by atoms with Gasteiger partial charge in [-0.05, 0) is 13.0 Å². The minimum atomic E-state index is -0.292. The summed E-state index contributed by atoms with van der Waals surface area (Å²) in [6.45, 7) is 4.51. The molecule has 1 aromatic carbocycles. The molecule has 1 aromatic heterocycles. The number of carbonyl (C=O) groups is 1. The zero-order chi connectivity index (χ0) is 20.6. The highest BCUT2D eigenvalue weighted by atomic mass is 35.5. The van der Waals surface area contributed by atoms with Crippen LogP contribution in [0.2, 0.25) is 5.02 Å². The molecule has 2 N–H and O–H groups in total. The first kappa shape index (κ1) is 20.5. The van der Waals surface area contributed by atoms with Gasteiger partial charge in [0.05, 0.1) is 25.2 Å². The van der Waals surface area contributed by atoms with Gasteiger partial charge in [-0.25, -0.2) is 9.78 Å². The molecule has 1 amide bonds. The Balaban J connectivity index is 1.65. The van der Waals surface area contributed by atoms with Crippen LogP contribution in [0.1, 0.15) is 18.2 Å². The molecule has 1 aliphatic rings. The molecule has 3 rings (SSSR count). The van der Waals surface area contributed by atoms with Crippen LogP contribution in [0.5, 0.6) is 0 Å². The summed E-state index contributed by atoms with van der Waals surface area (Å²) in [5.41, 5.74) is 7.17. The van der Waals surface area contributed by atoms with Crippen molar-refractivity contribution in [1.82, 2.24) is 14.9 Å². The molecule has 2 aromatic rings. The number of ether oxygens (including phenoxy) is 1. The fraction of sp³-hybridized carbons (Fsp3) is 0.316. The van der Waals surface area contributed by atoms with E-state index in [0.29, 0.717) is 49.3 Å². The third-order valence-corrected chi connectivity index (χ3v) is 4.63. The topological polar surface area (TPSA) is 109 Å². The molecule has 1 fully saturated rings. The standard InChI is InChI=1S/C19H22ClN7O2/c1-2-29-19(28)27-9-7-26(8-10-27)17-13-22-12-16(24-17)18(21)25-23-11-14-5-3-4-6-15(14)20/h3-6,11-13H,2,7-10H2,1H3,(H2,21,25)/b23-11+. The fourth-order valence-electron chi connectivity index (χ4n) is 2.75. The predicted molar refractivity (Wildman–Crippen MR) is 113 cm³/mol. The van der Waals surface area contributed by atoms with Crippen LogP contribution in [0.15, 0.2) is 46.9 Å². The number of aromatic nitrogens is 2. The molecule has 0 atom stereocenters. The minimum Gasteiger partial charge on any atom is -0.450 e. The number of nitrogens with two attached hydrogens (primary N) is 1. The number of anilines is 1. The summed E-state index contributed by atoms with van der Waals surface area (Å²) >= 11 is 6.08. The van der Waals surface area contributed by atoms with E-state index in [4.69, 9.17) is 22.1 Å². The lowest BCUT2D eigenvalue weighted by Gasteiger charge is -2.34. The number of rotatable bonds is 5. The van der Waals surface area contributed by atoms with Gasteiger partial charge in [0, 0.05) is 36.8 Å². The zero-order valence-electron chi connectivity index (χ0n) is 16.0. The fourth-order valence-corrected chi connectivity index (χ4v) is 2.93. The van der Waals surface area contributed by atoms with E-state index in [2.05, 4.69) is 20.2 Å². The van der Waals surface area contributed by atoms with Crippen molar-refractivity contribution in [1.29, 1.82) is 0 Å². The van der Waals surface area contributed by atoms with E-state index in [-0.39, 0.29) is 11.9 Å². The quantitative estimate of drug-likeness (QED) is 0.455. The van der Waals surface area contributed by atoms with Crippen molar-refractivity contribution in [3.05, 3.63) is 52.9 Å². The predicted octanol–water partition coefficient (Wildman–Crippen LogP) is 2.15. The molecule has 0 aliphatic carbocycles. The van der Waals surface area contributed by atoms with Gasteiger partial charge in [-0.1, -0.05) is 29.8 Å². The Morgan fingerprint density at radius 1 is 1.28 bits per heavy atom. The molecule has 1 saturated heterocycles. The Hall–Kier alpha value is -3.20. The molecule has 152 valence electrons. The lowest BCUT2D eigenvalue weighted by molar-refractivity contribution is 0.105. The third kappa shape index (κ3) is 5.41. The highest BCUT2D eigenvalue weighted by molar-refractivity contribution is 6.33. The number of halogens is 1. The van der Waals surface area contributed by atoms with Crippen LogP contribution >= 0.6 is 11.6 Å². The third-order valence-electron chi connectivity index (χ3n) is 4.28. The molecular weight excluding hydrogens is 394 g/mol. The number of carbonyl (C=O) groups excluding carboxylic acids is 1. The van der Waals surface area contributed by atoms with Gasteiger partial charge in [-0.15, -0.1) is 5.10 Å². The molecule has 1 aliphatic heterocycles. The molecule has 0 spiro atoms. The normalized spacial score (nSPS) is 15.0. The van der Waals surface area contributed by atoms with Gasteiger partial charge in [-0.3, -0.25) is 4.98 Å². The van der Waals surface area contributed by atoms with Crippen molar-refractivity contribution < 1.29 is 9.53 Å². The lowest BCUT2D eigenvalue weighted by Crippen LogP contribution is -2.49. The van der Waals surface area contributed by atoms with E-state index < -0.39 is 0 Å². The summed E-state index contributed by atoms with van der Waals surface area (Å²) in [5.74, 6) is 0.812. The summed E-state index contributed by atoms with van der Waals surface area (Å²) in [4.78, 5) is 24.2. The Kier molecular flexibility index (Phi) is 6.96. The number of hydrogen-bond acceptors (Lipinski definition) is 7.